The molecule has 1 N–H and O–H groups in total. The van der Waals surface area contributed by atoms with Crippen molar-refractivity contribution in [3.8, 4) is 28.5 Å². The molecule has 7 nitrogen and oxygen atoms in total. The summed E-state index contributed by atoms with van der Waals surface area (Å²) in [4.78, 5) is 11.0. The highest BCUT2D eigenvalue weighted by Crippen LogP contribution is 2.44. The maximum atomic E-state index is 14.9. The van der Waals surface area contributed by atoms with Crippen LogP contribution in [0.4, 0.5) is 21.6 Å². The van der Waals surface area contributed by atoms with Gasteiger partial charge in [0.05, 0.1) is 32.1 Å². The van der Waals surface area contributed by atoms with Crippen molar-refractivity contribution in [3.05, 3.63) is 83.4 Å². The van der Waals surface area contributed by atoms with Crippen LogP contribution in [0.25, 0.3) is 11.3 Å². The van der Waals surface area contributed by atoms with Gasteiger partial charge in [-0.2, -0.15) is 0 Å². The molecule has 4 aromatic rings. The molecule has 2 aromatic heterocycles. The van der Waals surface area contributed by atoms with E-state index >= 15 is 0 Å². The lowest BCUT2D eigenvalue weighted by Gasteiger charge is -2.32. The summed E-state index contributed by atoms with van der Waals surface area (Å²) < 4.78 is 31.8. The summed E-state index contributed by atoms with van der Waals surface area (Å²) in [5.41, 5.74) is 3.34. The number of nitrogens with one attached hydrogen (secondary N) is 1. The van der Waals surface area contributed by atoms with Gasteiger partial charge in [0, 0.05) is 46.8 Å². The number of hydrogen-bond acceptors (Lipinski definition) is 7. The Morgan fingerprint density at radius 1 is 1.06 bits per heavy atom. The fourth-order valence-electron chi connectivity index (χ4n) is 4.14. The van der Waals surface area contributed by atoms with E-state index in [4.69, 9.17) is 30.8 Å². The fraction of sp³-hybridized carbons (Fsp3) is 0.185. The molecule has 184 valence electrons. The summed E-state index contributed by atoms with van der Waals surface area (Å²) in [6, 6.07) is 15.7. The predicted octanol–water partition coefficient (Wildman–Crippen LogP) is 6.10. The highest BCUT2D eigenvalue weighted by molar-refractivity contribution is 6.30. The molecule has 0 fully saturated rings. The van der Waals surface area contributed by atoms with Crippen LogP contribution in [-0.4, -0.2) is 37.3 Å². The molecule has 0 spiro atoms. The zero-order valence-corrected chi connectivity index (χ0v) is 20.6. The van der Waals surface area contributed by atoms with Crippen LogP contribution in [0.5, 0.6) is 17.2 Å². The maximum absolute atomic E-state index is 14.9. The first-order valence-electron chi connectivity index (χ1n) is 11.3. The second kappa shape index (κ2) is 10.3. The highest BCUT2D eigenvalue weighted by atomic mass is 35.5. The molecule has 0 saturated carbocycles. The average molecular weight is 507 g/mol. The van der Waals surface area contributed by atoms with Crippen LogP contribution >= 0.6 is 11.6 Å². The summed E-state index contributed by atoms with van der Waals surface area (Å²) in [7, 11) is 3.21. The molecule has 0 unspecified atom stereocenters. The van der Waals surface area contributed by atoms with Crippen LogP contribution in [0.2, 0.25) is 5.02 Å². The Kier molecular flexibility index (Phi) is 6.77. The van der Waals surface area contributed by atoms with E-state index in [9.17, 15) is 4.39 Å². The van der Waals surface area contributed by atoms with E-state index in [0.717, 1.165) is 16.9 Å². The fourth-order valence-corrected chi connectivity index (χ4v) is 4.31. The van der Waals surface area contributed by atoms with Gasteiger partial charge >= 0.3 is 0 Å². The number of hydrogen-bond donors (Lipinski definition) is 1. The van der Waals surface area contributed by atoms with E-state index in [-0.39, 0.29) is 0 Å². The van der Waals surface area contributed by atoms with Gasteiger partial charge < -0.3 is 24.4 Å². The Labute approximate surface area is 213 Å². The number of methoxy groups -OCH3 is 2. The zero-order valence-electron chi connectivity index (χ0n) is 19.8. The van der Waals surface area contributed by atoms with Crippen molar-refractivity contribution >= 4 is 28.8 Å². The Bertz CT molecular complexity index is 1390. The largest absolute Gasteiger partial charge is 0.497 e. The quantitative estimate of drug-likeness (QED) is 0.325. The molecule has 36 heavy (non-hydrogen) atoms. The first-order chi connectivity index (χ1) is 17.6. The first kappa shape index (κ1) is 23.7. The maximum Gasteiger partial charge on any atom is 0.185 e. The van der Waals surface area contributed by atoms with Gasteiger partial charge in [0.1, 0.15) is 23.9 Å². The normalized spacial score (nSPS) is 12.5. The van der Waals surface area contributed by atoms with Crippen molar-refractivity contribution in [2.45, 2.75) is 6.54 Å². The number of halogens is 2. The van der Waals surface area contributed by atoms with Gasteiger partial charge in [0.25, 0.3) is 0 Å². The van der Waals surface area contributed by atoms with Gasteiger partial charge in [-0.1, -0.05) is 11.6 Å². The van der Waals surface area contributed by atoms with Gasteiger partial charge in [-0.25, -0.2) is 9.37 Å². The van der Waals surface area contributed by atoms with E-state index in [1.54, 1.807) is 32.7 Å². The lowest BCUT2D eigenvalue weighted by Crippen LogP contribution is -2.29. The van der Waals surface area contributed by atoms with Crippen LogP contribution in [0, 0.1) is 5.82 Å². The molecule has 0 radical (unpaired) electrons. The molecule has 0 bridgehead atoms. The van der Waals surface area contributed by atoms with E-state index in [1.165, 1.54) is 12.1 Å². The van der Waals surface area contributed by atoms with E-state index < -0.39 is 5.82 Å². The van der Waals surface area contributed by atoms with Crippen LogP contribution in [-0.2, 0) is 6.54 Å². The number of rotatable bonds is 7. The van der Waals surface area contributed by atoms with Crippen LogP contribution < -0.4 is 24.4 Å². The Balaban J connectivity index is 1.60. The van der Waals surface area contributed by atoms with Crippen molar-refractivity contribution in [3.63, 3.8) is 0 Å². The predicted molar refractivity (Wildman–Crippen MR) is 138 cm³/mol. The van der Waals surface area contributed by atoms with Gasteiger partial charge in [-0.05, 0) is 48.5 Å². The summed E-state index contributed by atoms with van der Waals surface area (Å²) in [5, 5.41) is 3.79. The van der Waals surface area contributed by atoms with Gasteiger partial charge in [0.2, 0.25) is 0 Å². The molecule has 1 aliphatic heterocycles. The van der Waals surface area contributed by atoms with E-state index in [1.807, 2.05) is 36.4 Å². The third-order valence-corrected chi connectivity index (χ3v) is 6.16. The molecule has 3 heterocycles. The number of benzene rings is 2. The van der Waals surface area contributed by atoms with Gasteiger partial charge in [-0.15, -0.1) is 0 Å². The number of pyridine rings is 2. The van der Waals surface area contributed by atoms with E-state index in [0.29, 0.717) is 59.0 Å². The number of fused-ring (bicyclic) bond motifs is 1. The molecule has 1 aliphatic rings. The second-order valence-electron chi connectivity index (χ2n) is 8.07. The minimum atomic E-state index is -0.415. The van der Waals surface area contributed by atoms with Crippen LogP contribution in [0.15, 0.2) is 67.0 Å². The lowest BCUT2D eigenvalue weighted by atomic mass is 10.1. The minimum Gasteiger partial charge on any atom is -0.497 e. The zero-order chi connectivity index (χ0) is 25.1. The van der Waals surface area contributed by atoms with Gasteiger partial charge in [0.15, 0.2) is 11.6 Å². The second-order valence-corrected chi connectivity index (χ2v) is 8.50. The van der Waals surface area contributed by atoms with Gasteiger partial charge in [-0.3, -0.25) is 4.98 Å². The van der Waals surface area contributed by atoms with E-state index in [2.05, 4.69) is 15.2 Å². The smallest absolute Gasteiger partial charge is 0.185 e. The van der Waals surface area contributed by atoms with Crippen molar-refractivity contribution < 1.29 is 18.6 Å². The molecule has 0 atom stereocenters. The highest BCUT2D eigenvalue weighted by Gasteiger charge is 2.26. The van der Waals surface area contributed by atoms with Crippen molar-refractivity contribution in [1.29, 1.82) is 0 Å². The molecule has 0 saturated heterocycles. The average Bonchev–Trinajstić information content (AvgIpc) is 2.92. The minimum absolute atomic E-state index is 0.302. The number of aromatic nitrogens is 2. The SMILES string of the molecule is COc1ccc(CNc2nc(-c3cc(Cl)ccc3F)cc3c2OCCN3c2ccncc2)c(OC)c1. The van der Waals surface area contributed by atoms with Crippen molar-refractivity contribution in [1.82, 2.24) is 9.97 Å². The van der Waals surface area contributed by atoms with Crippen LogP contribution in [0.3, 0.4) is 0 Å². The summed E-state index contributed by atoms with van der Waals surface area (Å²) >= 11 is 6.20. The molecule has 9 heteroatoms. The topological polar surface area (TPSA) is 68.7 Å². The summed E-state index contributed by atoms with van der Waals surface area (Å²) in [6.45, 7) is 1.47. The standard InChI is InChI=1S/C27H24ClFN4O3/c1-34-20-5-3-17(25(14-20)35-2)16-31-27-26-24(33(11-12-36-26)19-7-9-30-10-8-19)15-23(32-27)21-13-18(28)4-6-22(21)29/h3-10,13-15H,11-12,16H2,1-2H3,(H,31,32). The number of nitrogens with zero attached hydrogens (tertiary/aromatic N) is 3. The summed E-state index contributed by atoms with van der Waals surface area (Å²) in [6.07, 6.45) is 3.47. The molecular weight excluding hydrogens is 483 g/mol. The number of ether oxygens (including phenoxy) is 3. The molecule has 2 aromatic carbocycles. The number of anilines is 3. The third kappa shape index (κ3) is 4.72. The van der Waals surface area contributed by atoms with Crippen molar-refractivity contribution in [2.24, 2.45) is 0 Å². The third-order valence-electron chi connectivity index (χ3n) is 5.92. The monoisotopic (exact) mass is 506 g/mol. The van der Waals surface area contributed by atoms with Crippen LogP contribution in [0.1, 0.15) is 5.56 Å². The summed E-state index contributed by atoms with van der Waals surface area (Å²) in [5.74, 6) is 2.02. The Morgan fingerprint density at radius 2 is 1.89 bits per heavy atom. The molecular formula is C27H24ClFN4O3. The lowest BCUT2D eigenvalue weighted by molar-refractivity contribution is 0.314. The molecule has 5 rings (SSSR count). The molecule has 0 aliphatic carbocycles. The van der Waals surface area contributed by atoms with Crippen molar-refractivity contribution in [2.75, 3.05) is 37.6 Å². The molecule has 0 amide bonds. The first-order valence-corrected chi connectivity index (χ1v) is 11.7. The Morgan fingerprint density at radius 3 is 2.67 bits per heavy atom. The Hall–Kier alpha value is -4.04.